The van der Waals surface area contributed by atoms with Crippen molar-refractivity contribution in [2.24, 2.45) is 0 Å². The number of hydrogen-bond acceptors (Lipinski definition) is 6. The number of nitrogens with zero attached hydrogens (tertiary/aromatic N) is 4. The topological polar surface area (TPSA) is 99.4 Å². The summed E-state index contributed by atoms with van der Waals surface area (Å²) in [5.41, 5.74) is 5.80. The molecule has 9 heteroatoms. The van der Waals surface area contributed by atoms with Crippen LogP contribution in [-0.2, 0) is 19.4 Å². The van der Waals surface area contributed by atoms with Crippen molar-refractivity contribution >= 4 is 35.5 Å². The zero-order valence-electron chi connectivity index (χ0n) is 20.3. The normalized spacial score (nSPS) is 12.6. The fourth-order valence-electron chi connectivity index (χ4n) is 4.85. The number of carboxylic acids is 1. The van der Waals surface area contributed by atoms with E-state index in [4.69, 9.17) is 9.47 Å². The number of carboxylic acid groups (broad SMARTS) is 1. The minimum atomic E-state index is -1.00. The number of aryl methyl sites for hydroxylation is 1. The second-order valence-electron chi connectivity index (χ2n) is 8.71. The molecule has 0 saturated carbocycles. The van der Waals surface area contributed by atoms with Gasteiger partial charge >= 0.3 is 35.5 Å². The van der Waals surface area contributed by atoms with Crippen LogP contribution in [0.15, 0.2) is 61.2 Å². The zero-order valence-corrected chi connectivity index (χ0v) is 20.3. The van der Waals surface area contributed by atoms with Gasteiger partial charge in [-0.25, -0.2) is 14.8 Å². The molecule has 4 aromatic rings. The van der Waals surface area contributed by atoms with Crippen LogP contribution in [0.2, 0.25) is 0 Å². The summed E-state index contributed by atoms with van der Waals surface area (Å²) in [6.07, 6.45) is 7.03. The molecule has 37 heavy (non-hydrogen) atoms. The summed E-state index contributed by atoms with van der Waals surface area (Å²) in [5.74, 6) is 0.539. The van der Waals surface area contributed by atoms with Gasteiger partial charge < -0.3 is 14.6 Å². The number of ether oxygens (including phenoxy) is 2. The van der Waals surface area contributed by atoms with Crippen LogP contribution in [0.1, 0.15) is 59.1 Å². The summed E-state index contributed by atoms with van der Waals surface area (Å²) >= 11 is 0. The number of rotatable bonds is 9. The van der Waals surface area contributed by atoms with Gasteiger partial charge in [-0.1, -0.05) is 19.1 Å². The molecular formula is C28H29N4NaO4. The molecule has 0 aliphatic heterocycles. The average molecular weight is 509 g/mol. The molecule has 1 aliphatic carbocycles. The van der Waals surface area contributed by atoms with E-state index in [1.165, 1.54) is 6.33 Å². The summed E-state index contributed by atoms with van der Waals surface area (Å²) in [5, 5.41) is 14.6. The average Bonchev–Trinajstić information content (AvgIpc) is 3.29. The molecule has 1 N–H and O–H groups in total. The van der Waals surface area contributed by atoms with E-state index in [9.17, 15) is 9.90 Å². The van der Waals surface area contributed by atoms with Crippen LogP contribution < -0.4 is 9.47 Å². The number of carbonyl (C=O) groups is 1. The van der Waals surface area contributed by atoms with Crippen LogP contribution >= 0.6 is 0 Å². The molecule has 2 heterocycles. The number of hydrogen-bond donors (Lipinski definition) is 1. The Hall–Kier alpha value is -3.20. The Balaban J connectivity index is 0.00000320. The van der Waals surface area contributed by atoms with Crippen molar-refractivity contribution in [2.45, 2.75) is 45.8 Å². The third-order valence-electron chi connectivity index (χ3n) is 6.44. The van der Waals surface area contributed by atoms with E-state index in [0.717, 1.165) is 57.9 Å². The molecule has 5 rings (SSSR count). The van der Waals surface area contributed by atoms with Gasteiger partial charge in [0, 0.05) is 29.1 Å². The van der Waals surface area contributed by atoms with Crippen LogP contribution in [0.3, 0.4) is 0 Å². The Morgan fingerprint density at radius 2 is 1.84 bits per heavy atom. The van der Waals surface area contributed by atoms with Gasteiger partial charge in [0.1, 0.15) is 24.4 Å². The third kappa shape index (κ3) is 5.56. The predicted molar refractivity (Wildman–Crippen MR) is 142 cm³/mol. The monoisotopic (exact) mass is 508 g/mol. The van der Waals surface area contributed by atoms with E-state index < -0.39 is 5.97 Å². The SMILES string of the molecule is CCOc1cccc(C(CC)n2nc(C(=O)O)c3c2-c2ccc(OCc4cncnc4)cc2CC3)c1.[NaH]. The predicted octanol–water partition coefficient (Wildman–Crippen LogP) is 4.47. The van der Waals surface area contributed by atoms with Crippen LogP contribution in [0.25, 0.3) is 11.3 Å². The summed E-state index contributed by atoms with van der Waals surface area (Å²) in [6, 6.07) is 13.8. The van der Waals surface area contributed by atoms with Gasteiger partial charge in [-0.2, -0.15) is 5.10 Å². The first-order valence-corrected chi connectivity index (χ1v) is 12.2. The standard InChI is InChI=1S/C28H28N4O4.Na.H/c1-3-25(20-6-5-7-21(13-20)35-4-2)32-27-23-11-9-22(36-16-18-14-29-17-30-15-18)12-19(23)8-10-24(27)26(31-32)28(33)34;;/h5-7,9,11-15,17,25H,3-4,8,10,16H2,1-2H3,(H,33,34);;. The van der Waals surface area contributed by atoms with Crippen molar-refractivity contribution in [3.63, 3.8) is 0 Å². The first kappa shape index (κ1) is 26.9. The molecule has 0 spiro atoms. The molecule has 1 aliphatic rings. The Morgan fingerprint density at radius 1 is 1.05 bits per heavy atom. The number of fused-ring (bicyclic) bond motifs is 3. The molecule has 0 radical (unpaired) electrons. The van der Waals surface area contributed by atoms with Crippen LogP contribution in [-0.4, -0.2) is 67.0 Å². The van der Waals surface area contributed by atoms with Crippen LogP contribution in [0, 0.1) is 0 Å². The van der Waals surface area contributed by atoms with E-state index in [0.29, 0.717) is 19.6 Å². The van der Waals surface area contributed by atoms with Gasteiger partial charge in [0.15, 0.2) is 5.69 Å². The number of aromatic carboxylic acids is 1. The fourth-order valence-corrected chi connectivity index (χ4v) is 4.85. The van der Waals surface area contributed by atoms with Crippen molar-refractivity contribution in [2.75, 3.05) is 6.61 Å². The molecule has 186 valence electrons. The Morgan fingerprint density at radius 3 is 2.57 bits per heavy atom. The van der Waals surface area contributed by atoms with Crippen molar-refractivity contribution in [1.29, 1.82) is 0 Å². The molecule has 0 fully saturated rings. The first-order chi connectivity index (χ1) is 17.6. The number of aromatic nitrogens is 4. The Bertz CT molecular complexity index is 1390. The van der Waals surface area contributed by atoms with Crippen molar-refractivity contribution in [3.05, 3.63) is 89.1 Å². The second kappa shape index (κ2) is 11.9. The van der Waals surface area contributed by atoms with E-state index in [-0.39, 0.29) is 41.3 Å². The molecule has 1 atom stereocenters. The molecule has 1 unspecified atom stereocenters. The molecule has 0 amide bonds. The van der Waals surface area contributed by atoms with E-state index in [2.05, 4.69) is 22.0 Å². The summed E-state index contributed by atoms with van der Waals surface area (Å²) in [7, 11) is 0. The summed E-state index contributed by atoms with van der Waals surface area (Å²) in [6.45, 7) is 4.99. The molecule has 0 saturated heterocycles. The zero-order chi connectivity index (χ0) is 25.1. The molecular weight excluding hydrogens is 479 g/mol. The van der Waals surface area contributed by atoms with Crippen molar-refractivity contribution in [1.82, 2.24) is 19.7 Å². The van der Waals surface area contributed by atoms with Crippen LogP contribution in [0.5, 0.6) is 11.5 Å². The van der Waals surface area contributed by atoms with E-state index in [1.807, 2.05) is 54.1 Å². The summed E-state index contributed by atoms with van der Waals surface area (Å²) < 4.78 is 13.6. The van der Waals surface area contributed by atoms with E-state index >= 15 is 0 Å². The van der Waals surface area contributed by atoms with Crippen molar-refractivity contribution in [3.8, 4) is 22.8 Å². The van der Waals surface area contributed by atoms with Crippen LogP contribution in [0.4, 0.5) is 0 Å². The fraction of sp³-hybridized carbons (Fsp3) is 0.286. The second-order valence-corrected chi connectivity index (χ2v) is 8.71. The van der Waals surface area contributed by atoms with Gasteiger partial charge in [0.05, 0.1) is 18.3 Å². The first-order valence-electron chi connectivity index (χ1n) is 12.2. The van der Waals surface area contributed by atoms with Gasteiger partial charge in [0.25, 0.3) is 0 Å². The Kier molecular flexibility index (Phi) is 8.63. The van der Waals surface area contributed by atoms with Gasteiger partial charge in [-0.05, 0) is 67.6 Å². The molecule has 0 bridgehead atoms. The summed E-state index contributed by atoms with van der Waals surface area (Å²) in [4.78, 5) is 20.2. The third-order valence-corrected chi connectivity index (χ3v) is 6.44. The Labute approximate surface area is 238 Å². The molecule has 8 nitrogen and oxygen atoms in total. The minimum absolute atomic E-state index is 0. The molecule has 2 aromatic carbocycles. The van der Waals surface area contributed by atoms with Gasteiger partial charge in [-0.15, -0.1) is 0 Å². The maximum absolute atomic E-state index is 12.1. The van der Waals surface area contributed by atoms with Gasteiger partial charge in [-0.3, -0.25) is 4.68 Å². The maximum atomic E-state index is 12.1. The van der Waals surface area contributed by atoms with E-state index in [1.54, 1.807) is 12.4 Å². The quantitative estimate of drug-likeness (QED) is 0.333. The van der Waals surface area contributed by atoms with Gasteiger partial charge in [0.2, 0.25) is 0 Å². The number of benzene rings is 2. The molecule has 2 aromatic heterocycles. The van der Waals surface area contributed by atoms with Crippen molar-refractivity contribution < 1.29 is 19.4 Å².